The van der Waals surface area contributed by atoms with Crippen LogP contribution in [-0.4, -0.2) is 54.4 Å². The molecule has 2 aromatic heterocycles. The van der Waals surface area contributed by atoms with Gasteiger partial charge in [-0.25, -0.2) is 4.98 Å². The Balaban J connectivity index is 1.51. The molecule has 2 amide bonds. The van der Waals surface area contributed by atoms with E-state index < -0.39 is 0 Å². The number of hydrogen-bond acceptors (Lipinski definition) is 5. The van der Waals surface area contributed by atoms with Crippen LogP contribution < -0.4 is 10.2 Å². The second-order valence-electron chi connectivity index (χ2n) is 7.10. The van der Waals surface area contributed by atoms with Crippen molar-refractivity contribution in [2.24, 2.45) is 5.92 Å². The number of nitrogens with one attached hydrogen (secondary N) is 1. The molecule has 3 heterocycles. The van der Waals surface area contributed by atoms with Gasteiger partial charge >= 0.3 is 0 Å². The second-order valence-corrected chi connectivity index (χ2v) is 7.10. The standard InChI is InChI=1S/C20H26N4O3/c1-15(2)7-8-21-19(25)17-6-5-16(14-22-17)23-9-11-24(12-10-23)20(26)18-4-3-13-27-18/h3-6,13-15H,7-12H2,1-2H3,(H,21,25). The van der Waals surface area contributed by atoms with Gasteiger partial charge in [0.1, 0.15) is 5.69 Å². The summed E-state index contributed by atoms with van der Waals surface area (Å²) in [6.45, 7) is 7.59. The highest BCUT2D eigenvalue weighted by Gasteiger charge is 2.24. The van der Waals surface area contributed by atoms with E-state index in [0.717, 1.165) is 12.1 Å². The van der Waals surface area contributed by atoms with E-state index in [1.807, 2.05) is 6.07 Å². The van der Waals surface area contributed by atoms with E-state index in [0.29, 0.717) is 50.1 Å². The second kappa shape index (κ2) is 8.70. The maximum Gasteiger partial charge on any atom is 0.289 e. The molecule has 144 valence electrons. The summed E-state index contributed by atoms with van der Waals surface area (Å²) in [5, 5.41) is 2.89. The van der Waals surface area contributed by atoms with Gasteiger partial charge in [0.05, 0.1) is 18.1 Å². The van der Waals surface area contributed by atoms with Crippen LogP contribution in [0.4, 0.5) is 5.69 Å². The first kappa shape index (κ1) is 18.9. The van der Waals surface area contributed by atoms with E-state index in [4.69, 9.17) is 4.42 Å². The summed E-state index contributed by atoms with van der Waals surface area (Å²) in [6.07, 6.45) is 4.18. The number of piperazine rings is 1. The molecule has 0 radical (unpaired) electrons. The Hall–Kier alpha value is -2.83. The van der Waals surface area contributed by atoms with E-state index in [-0.39, 0.29) is 11.8 Å². The van der Waals surface area contributed by atoms with Gasteiger partial charge in [-0.3, -0.25) is 9.59 Å². The third-order valence-corrected chi connectivity index (χ3v) is 4.65. The van der Waals surface area contributed by atoms with E-state index in [1.54, 1.807) is 29.3 Å². The zero-order chi connectivity index (χ0) is 19.2. The maximum atomic E-state index is 12.3. The first-order valence-electron chi connectivity index (χ1n) is 9.36. The molecule has 0 saturated carbocycles. The summed E-state index contributed by atoms with van der Waals surface area (Å²) in [7, 11) is 0. The van der Waals surface area contributed by atoms with E-state index in [2.05, 4.69) is 29.0 Å². The number of anilines is 1. The Morgan fingerprint density at radius 2 is 1.96 bits per heavy atom. The van der Waals surface area contributed by atoms with Gasteiger partial charge in [-0.2, -0.15) is 0 Å². The molecule has 7 heteroatoms. The van der Waals surface area contributed by atoms with Gasteiger partial charge in [0.2, 0.25) is 0 Å². The normalized spacial score (nSPS) is 14.5. The molecule has 0 atom stereocenters. The molecule has 0 aliphatic carbocycles. The summed E-state index contributed by atoms with van der Waals surface area (Å²) in [4.78, 5) is 32.7. The summed E-state index contributed by atoms with van der Waals surface area (Å²) >= 11 is 0. The van der Waals surface area contributed by atoms with Crippen LogP contribution in [0.15, 0.2) is 41.1 Å². The molecule has 0 aromatic carbocycles. The number of aromatic nitrogens is 1. The Bertz CT molecular complexity index is 748. The number of nitrogens with zero attached hydrogens (tertiary/aromatic N) is 3. The number of amides is 2. The molecule has 3 rings (SSSR count). The van der Waals surface area contributed by atoms with E-state index in [1.165, 1.54) is 6.26 Å². The van der Waals surface area contributed by atoms with Gasteiger partial charge in [-0.1, -0.05) is 13.8 Å². The zero-order valence-electron chi connectivity index (χ0n) is 15.9. The molecule has 1 N–H and O–H groups in total. The molecule has 0 unspecified atom stereocenters. The highest BCUT2D eigenvalue weighted by molar-refractivity contribution is 5.92. The quantitative estimate of drug-likeness (QED) is 0.845. The van der Waals surface area contributed by atoms with Crippen molar-refractivity contribution < 1.29 is 14.0 Å². The first-order valence-corrected chi connectivity index (χ1v) is 9.36. The van der Waals surface area contributed by atoms with Gasteiger partial charge in [-0.15, -0.1) is 0 Å². The minimum Gasteiger partial charge on any atom is -0.459 e. The predicted molar refractivity (Wildman–Crippen MR) is 103 cm³/mol. The van der Waals surface area contributed by atoms with Crippen molar-refractivity contribution in [3.63, 3.8) is 0 Å². The lowest BCUT2D eigenvalue weighted by Crippen LogP contribution is -2.48. The highest BCUT2D eigenvalue weighted by atomic mass is 16.3. The highest BCUT2D eigenvalue weighted by Crippen LogP contribution is 2.17. The molecular formula is C20H26N4O3. The van der Waals surface area contributed by atoms with Crippen molar-refractivity contribution in [1.29, 1.82) is 0 Å². The maximum absolute atomic E-state index is 12.3. The summed E-state index contributed by atoms with van der Waals surface area (Å²) in [6, 6.07) is 7.06. The van der Waals surface area contributed by atoms with Crippen molar-refractivity contribution in [2.45, 2.75) is 20.3 Å². The van der Waals surface area contributed by atoms with Gasteiger partial charge in [0.15, 0.2) is 5.76 Å². The Morgan fingerprint density at radius 1 is 1.19 bits per heavy atom. The minimum atomic E-state index is -0.143. The van der Waals surface area contributed by atoms with Gasteiger partial charge in [-0.05, 0) is 36.6 Å². The van der Waals surface area contributed by atoms with Crippen molar-refractivity contribution in [1.82, 2.24) is 15.2 Å². The molecular weight excluding hydrogens is 344 g/mol. The third kappa shape index (κ3) is 4.87. The monoisotopic (exact) mass is 370 g/mol. The lowest BCUT2D eigenvalue weighted by Gasteiger charge is -2.35. The Morgan fingerprint density at radius 3 is 2.56 bits per heavy atom. The fourth-order valence-electron chi connectivity index (χ4n) is 3.00. The molecule has 1 aliphatic heterocycles. The van der Waals surface area contributed by atoms with E-state index >= 15 is 0 Å². The van der Waals surface area contributed by atoms with Crippen molar-refractivity contribution in [3.8, 4) is 0 Å². The van der Waals surface area contributed by atoms with Crippen LogP contribution in [0.1, 0.15) is 41.3 Å². The largest absolute Gasteiger partial charge is 0.459 e. The zero-order valence-corrected chi connectivity index (χ0v) is 15.9. The number of carbonyl (C=O) groups is 2. The van der Waals surface area contributed by atoms with Crippen molar-refractivity contribution in [3.05, 3.63) is 48.2 Å². The van der Waals surface area contributed by atoms with Crippen LogP contribution in [0.5, 0.6) is 0 Å². The molecule has 2 aromatic rings. The molecule has 1 aliphatic rings. The van der Waals surface area contributed by atoms with Crippen LogP contribution >= 0.6 is 0 Å². The Kier molecular flexibility index (Phi) is 6.11. The molecule has 7 nitrogen and oxygen atoms in total. The van der Waals surface area contributed by atoms with Crippen LogP contribution in [0.2, 0.25) is 0 Å². The number of pyridine rings is 1. The summed E-state index contributed by atoms with van der Waals surface area (Å²) < 4.78 is 5.18. The lowest BCUT2D eigenvalue weighted by atomic mass is 10.1. The fourth-order valence-corrected chi connectivity index (χ4v) is 3.00. The number of carbonyl (C=O) groups excluding carboxylic acids is 2. The number of rotatable bonds is 6. The number of hydrogen-bond donors (Lipinski definition) is 1. The van der Waals surface area contributed by atoms with Gasteiger partial charge < -0.3 is 19.5 Å². The molecule has 0 spiro atoms. The Labute approximate surface area is 159 Å². The third-order valence-electron chi connectivity index (χ3n) is 4.65. The molecule has 1 fully saturated rings. The van der Waals surface area contributed by atoms with Crippen LogP contribution in [0.25, 0.3) is 0 Å². The first-order chi connectivity index (χ1) is 13.0. The number of furan rings is 1. The molecule has 1 saturated heterocycles. The summed E-state index contributed by atoms with van der Waals surface area (Å²) in [5.41, 5.74) is 1.38. The van der Waals surface area contributed by atoms with E-state index in [9.17, 15) is 9.59 Å². The average molecular weight is 370 g/mol. The average Bonchev–Trinajstić information content (AvgIpc) is 3.22. The predicted octanol–water partition coefficient (Wildman–Crippen LogP) is 2.41. The van der Waals surface area contributed by atoms with Crippen molar-refractivity contribution in [2.75, 3.05) is 37.6 Å². The molecule has 27 heavy (non-hydrogen) atoms. The molecule has 0 bridgehead atoms. The smallest absolute Gasteiger partial charge is 0.289 e. The van der Waals surface area contributed by atoms with Crippen LogP contribution in [-0.2, 0) is 0 Å². The topological polar surface area (TPSA) is 78.7 Å². The SMILES string of the molecule is CC(C)CCNC(=O)c1ccc(N2CCN(C(=O)c3ccco3)CC2)cn1. The van der Waals surface area contributed by atoms with Crippen LogP contribution in [0, 0.1) is 5.92 Å². The fraction of sp³-hybridized carbons (Fsp3) is 0.450. The van der Waals surface area contributed by atoms with Crippen molar-refractivity contribution >= 4 is 17.5 Å². The van der Waals surface area contributed by atoms with Gasteiger partial charge in [0, 0.05) is 32.7 Å². The van der Waals surface area contributed by atoms with Gasteiger partial charge in [0.25, 0.3) is 11.8 Å². The minimum absolute atomic E-state index is 0.0776. The summed E-state index contributed by atoms with van der Waals surface area (Å²) in [5.74, 6) is 0.708. The lowest BCUT2D eigenvalue weighted by molar-refractivity contribution is 0.0714. The van der Waals surface area contributed by atoms with Crippen LogP contribution in [0.3, 0.4) is 0 Å².